The van der Waals surface area contributed by atoms with E-state index in [1.165, 1.54) is 18.2 Å². The molecule has 2 unspecified atom stereocenters. The van der Waals surface area contributed by atoms with Crippen molar-refractivity contribution in [3.8, 4) is 5.75 Å². The summed E-state index contributed by atoms with van der Waals surface area (Å²) in [7, 11) is 1.59. The fourth-order valence-corrected chi connectivity index (χ4v) is 4.93. The lowest BCUT2D eigenvalue weighted by Gasteiger charge is -2.42. The Labute approximate surface area is 206 Å². The van der Waals surface area contributed by atoms with Crippen LogP contribution in [0.2, 0.25) is 0 Å². The van der Waals surface area contributed by atoms with Gasteiger partial charge in [0.05, 0.1) is 7.11 Å². The predicted octanol–water partition coefficient (Wildman–Crippen LogP) is 4.29. The number of nitrogens with one attached hydrogen (secondary N) is 3. The minimum absolute atomic E-state index is 0.0157. The van der Waals surface area contributed by atoms with Crippen LogP contribution in [0.5, 0.6) is 5.75 Å². The standard InChI is InChI=1S/C26H26FN5O4/c1-36-21-7-5-19(6-8-21)29-26(35)31-13-16-11-17(15-31)23-10-9-22(24(33)32(23)14-16)30-25(34)28-20-4-2-3-18(27)12-20/h2-10,12,16-17H,11,13-15H2,1H3,(H,29,35)(H2,28,30,34). The molecule has 10 heteroatoms. The lowest BCUT2D eigenvalue weighted by molar-refractivity contribution is 0.139. The molecule has 0 aliphatic carbocycles. The van der Waals surface area contributed by atoms with E-state index < -0.39 is 11.8 Å². The summed E-state index contributed by atoms with van der Waals surface area (Å²) in [6.45, 7) is 1.48. The van der Waals surface area contributed by atoms with Crippen LogP contribution in [0, 0.1) is 11.7 Å². The lowest BCUT2D eigenvalue weighted by Crippen LogP contribution is -2.50. The Bertz CT molecular complexity index is 1360. The van der Waals surface area contributed by atoms with Crippen LogP contribution in [0.15, 0.2) is 65.5 Å². The van der Waals surface area contributed by atoms with Crippen molar-refractivity contribution in [3.05, 3.63) is 82.5 Å². The number of benzene rings is 2. The number of piperidine rings is 1. The van der Waals surface area contributed by atoms with E-state index in [1.807, 2.05) is 6.07 Å². The molecule has 1 fully saturated rings. The van der Waals surface area contributed by atoms with Crippen LogP contribution >= 0.6 is 0 Å². The van der Waals surface area contributed by atoms with Crippen LogP contribution in [0.4, 0.5) is 31.0 Å². The number of urea groups is 2. The molecule has 36 heavy (non-hydrogen) atoms. The van der Waals surface area contributed by atoms with E-state index in [0.29, 0.717) is 31.1 Å². The molecule has 3 aromatic rings. The molecule has 0 radical (unpaired) electrons. The van der Waals surface area contributed by atoms with Gasteiger partial charge in [0.15, 0.2) is 0 Å². The summed E-state index contributed by atoms with van der Waals surface area (Å²) in [6.07, 6.45) is 0.887. The number of likely N-dealkylation sites (tertiary alicyclic amines) is 1. The lowest BCUT2D eigenvalue weighted by atomic mass is 9.83. The van der Waals surface area contributed by atoms with Gasteiger partial charge in [0.2, 0.25) is 0 Å². The molecule has 1 saturated heterocycles. The van der Waals surface area contributed by atoms with Crippen LogP contribution in [0.3, 0.4) is 0 Å². The third kappa shape index (κ3) is 4.88. The summed E-state index contributed by atoms with van der Waals surface area (Å²) in [5.74, 6) is 0.372. The van der Waals surface area contributed by atoms with Crippen molar-refractivity contribution in [2.45, 2.75) is 18.9 Å². The first-order chi connectivity index (χ1) is 17.4. The Morgan fingerprint density at radius 3 is 2.50 bits per heavy atom. The normalized spacial score (nSPS) is 18.1. The van der Waals surface area contributed by atoms with Gasteiger partial charge in [0.25, 0.3) is 5.56 Å². The second-order valence-corrected chi connectivity index (χ2v) is 9.04. The average molecular weight is 492 g/mol. The molecule has 9 nitrogen and oxygen atoms in total. The van der Waals surface area contributed by atoms with Crippen molar-refractivity contribution in [2.75, 3.05) is 36.1 Å². The second kappa shape index (κ2) is 9.73. The fraction of sp³-hybridized carbons (Fsp3) is 0.269. The molecule has 3 heterocycles. The molecule has 186 valence electrons. The largest absolute Gasteiger partial charge is 0.497 e. The van der Waals surface area contributed by atoms with E-state index in [0.717, 1.165) is 12.1 Å². The number of amides is 4. The summed E-state index contributed by atoms with van der Waals surface area (Å²) in [5.41, 5.74) is 1.65. The zero-order valence-corrected chi connectivity index (χ0v) is 19.7. The minimum atomic E-state index is -0.629. The van der Waals surface area contributed by atoms with Gasteiger partial charge in [-0.05, 0) is 66.9 Å². The quantitative estimate of drug-likeness (QED) is 0.506. The Hall–Kier alpha value is -4.34. The molecule has 2 aliphatic heterocycles. The van der Waals surface area contributed by atoms with E-state index >= 15 is 0 Å². The SMILES string of the molecule is COc1ccc(NC(=O)N2CC3CC(C2)c2ccc(NC(=O)Nc4cccc(F)c4)c(=O)n2C3)cc1. The first-order valence-corrected chi connectivity index (χ1v) is 11.7. The number of methoxy groups -OCH3 is 1. The third-order valence-electron chi connectivity index (χ3n) is 6.56. The highest BCUT2D eigenvalue weighted by Gasteiger charge is 2.36. The highest BCUT2D eigenvalue weighted by molar-refractivity contribution is 5.99. The Morgan fingerprint density at radius 2 is 1.75 bits per heavy atom. The Balaban J connectivity index is 1.27. The fourth-order valence-electron chi connectivity index (χ4n) is 4.93. The number of anilines is 3. The monoisotopic (exact) mass is 491 g/mol. The number of aromatic nitrogens is 1. The average Bonchev–Trinajstić information content (AvgIpc) is 2.86. The van der Waals surface area contributed by atoms with E-state index in [-0.39, 0.29) is 34.8 Å². The van der Waals surface area contributed by atoms with Crippen molar-refractivity contribution in [1.82, 2.24) is 9.47 Å². The van der Waals surface area contributed by atoms with Crippen LogP contribution in [-0.2, 0) is 6.54 Å². The summed E-state index contributed by atoms with van der Waals surface area (Å²) in [4.78, 5) is 40.2. The van der Waals surface area contributed by atoms with Crippen molar-refractivity contribution in [1.29, 1.82) is 0 Å². The van der Waals surface area contributed by atoms with Gasteiger partial charge in [0, 0.05) is 42.6 Å². The van der Waals surface area contributed by atoms with Crippen molar-refractivity contribution in [3.63, 3.8) is 0 Å². The predicted molar refractivity (Wildman–Crippen MR) is 134 cm³/mol. The smallest absolute Gasteiger partial charge is 0.323 e. The van der Waals surface area contributed by atoms with E-state index in [9.17, 15) is 18.8 Å². The molecule has 2 aliphatic rings. The maximum Gasteiger partial charge on any atom is 0.323 e. The van der Waals surface area contributed by atoms with Crippen LogP contribution < -0.4 is 26.2 Å². The van der Waals surface area contributed by atoms with Crippen molar-refractivity contribution >= 4 is 29.1 Å². The molecule has 2 bridgehead atoms. The molecular weight excluding hydrogens is 465 g/mol. The first-order valence-electron chi connectivity index (χ1n) is 11.7. The second-order valence-electron chi connectivity index (χ2n) is 9.04. The van der Waals surface area contributed by atoms with Gasteiger partial charge in [-0.15, -0.1) is 0 Å². The topological polar surface area (TPSA) is 105 Å². The van der Waals surface area contributed by atoms with Crippen molar-refractivity contribution < 1.29 is 18.7 Å². The van der Waals surface area contributed by atoms with Gasteiger partial charge in [-0.25, -0.2) is 14.0 Å². The molecule has 2 atom stereocenters. The van der Waals surface area contributed by atoms with E-state index in [2.05, 4.69) is 16.0 Å². The van der Waals surface area contributed by atoms with Crippen molar-refractivity contribution in [2.24, 2.45) is 5.92 Å². The van der Waals surface area contributed by atoms with E-state index in [4.69, 9.17) is 4.74 Å². The van der Waals surface area contributed by atoms with Gasteiger partial charge in [-0.2, -0.15) is 0 Å². The number of hydrogen-bond donors (Lipinski definition) is 3. The number of pyridine rings is 1. The number of ether oxygens (including phenoxy) is 1. The number of nitrogens with zero attached hydrogens (tertiary/aromatic N) is 2. The number of fused-ring (bicyclic) bond motifs is 4. The number of halogens is 1. The highest BCUT2D eigenvalue weighted by atomic mass is 19.1. The maximum absolute atomic E-state index is 13.4. The van der Waals surface area contributed by atoms with Gasteiger partial charge in [-0.3, -0.25) is 4.79 Å². The first kappa shape index (κ1) is 23.4. The number of carbonyl (C=O) groups excluding carboxylic acids is 2. The van der Waals surface area contributed by atoms with Crippen LogP contribution in [0.25, 0.3) is 0 Å². The number of rotatable bonds is 4. The third-order valence-corrected chi connectivity index (χ3v) is 6.56. The molecular formula is C26H26FN5O4. The highest BCUT2D eigenvalue weighted by Crippen LogP contribution is 2.35. The zero-order valence-electron chi connectivity index (χ0n) is 19.7. The Morgan fingerprint density at radius 1 is 0.944 bits per heavy atom. The van der Waals surface area contributed by atoms with Gasteiger partial charge < -0.3 is 30.2 Å². The Kier molecular flexibility index (Phi) is 6.32. The van der Waals surface area contributed by atoms with Gasteiger partial charge in [-0.1, -0.05) is 6.07 Å². The van der Waals surface area contributed by atoms with Gasteiger partial charge in [0.1, 0.15) is 17.3 Å². The zero-order chi connectivity index (χ0) is 25.2. The molecule has 4 amide bonds. The molecule has 2 aromatic carbocycles. The molecule has 1 aromatic heterocycles. The maximum atomic E-state index is 13.4. The number of carbonyl (C=O) groups is 2. The van der Waals surface area contributed by atoms with Crippen LogP contribution in [0.1, 0.15) is 18.0 Å². The summed E-state index contributed by atoms with van der Waals surface area (Å²) >= 11 is 0. The van der Waals surface area contributed by atoms with Gasteiger partial charge >= 0.3 is 12.1 Å². The summed E-state index contributed by atoms with van der Waals surface area (Å²) in [6, 6.07) is 15.2. The molecule has 0 saturated carbocycles. The summed E-state index contributed by atoms with van der Waals surface area (Å²) in [5, 5.41) is 8.02. The molecule has 5 rings (SSSR count). The van der Waals surface area contributed by atoms with E-state index in [1.54, 1.807) is 53.0 Å². The summed E-state index contributed by atoms with van der Waals surface area (Å²) < 4.78 is 20.2. The minimum Gasteiger partial charge on any atom is -0.497 e. The number of hydrogen-bond acceptors (Lipinski definition) is 4. The molecule has 3 N–H and O–H groups in total. The molecule has 0 spiro atoms. The van der Waals surface area contributed by atoms with Crippen LogP contribution in [-0.4, -0.2) is 41.7 Å².